The SMILES string of the molecule is CN(CCc1ccccn1)C(=O)c1ccc2c(c1)nc(-c1cc(Br)cs1)n2C(CCCN=C(N)N)C(N)=O. The van der Waals surface area contributed by atoms with Gasteiger partial charge in [0, 0.05) is 53.9 Å². The van der Waals surface area contributed by atoms with Crippen LogP contribution in [0.15, 0.2) is 63.5 Å². The largest absolute Gasteiger partial charge is 0.370 e. The van der Waals surface area contributed by atoms with E-state index in [0.29, 0.717) is 54.8 Å². The lowest BCUT2D eigenvalue weighted by Crippen LogP contribution is -2.29. The molecule has 10 nitrogen and oxygen atoms in total. The minimum atomic E-state index is -0.673. The number of hydrogen-bond acceptors (Lipinski definition) is 6. The minimum Gasteiger partial charge on any atom is -0.370 e. The number of rotatable bonds is 11. The Bertz CT molecular complexity index is 1460. The van der Waals surface area contributed by atoms with E-state index in [4.69, 9.17) is 22.2 Å². The summed E-state index contributed by atoms with van der Waals surface area (Å²) in [4.78, 5) is 41.5. The molecule has 0 radical (unpaired) electrons. The number of hydrogen-bond donors (Lipinski definition) is 3. The van der Waals surface area contributed by atoms with E-state index in [2.05, 4.69) is 25.9 Å². The normalized spacial score (nSPS) is 11.8. The number of pyridine rings is 1. The first-order chi connectivity index (χ1) is 18.2. The van der Waals surface area contributed by atoms with Gasteiger partial charge in [-0.2, -0.15) is 0 Å². The first kappa shape index (κ1) is 27.3. The van der Waals surface area contributed by atoms with Gasteiger partial charge in [0.15, 0.2) is 11.8 Å². The second-order valence-electron chi connectivity index (χ2n) is 8.80. The summed E-state index contributed by atoms with van der Waals surface area (Å²) in [7, 11) is 1.77. The number of nitrogens with zero attached hydrogens (tertiary/aromatic N) is 5. The summed E-state index contributed by atoms with van der Waals surface area (Å²) in [6, 6.07) is 12.3. The van der Waals surface area contributed by atoms with Crippen molar-refractivity contribution in [2.24, 2.45) is 22.2 Å². The maximum atomic E-state index is 13.2. The molecule has 1 aromatic carbocycles. The van der Waals surface area contributed by atoms with Gasteiger partial charge < -0.3 is 26.7 Å². The van der Waals surface area contributed by atoms with E-state index in [0.717, 1.165) is 15.0 Å². The lowest BCUT2D eigenvalue weighted by molar-refractivity contribution is -0.121. The molecule has 4 aromatic rings. The highest BCUT2D eigenvalue weighted by Crippen LogP contribution is 2.35. The van der Waals surface area contributed by atoms with Gasteiger partial charge >= 0.3 is 0 Å². The van der Waals surface area contributed by atoms with Crippen molar-refractivity contribution in [1.29, 1.82) is 0 Å². The van der Waals surface area contributed by atoms with Crippen molar-refractivity contribution in [3.05, 3.63) is 69.8 Å². The van der Waals surface area contributed by atoms with Gasteiger partial charge in [-0.25, -0.2) is 4.98 Å². The molecule has 6 N–H and O–H groups in total. The zero-order valence-corrected chi connectivity index (χ0v) is 23.3. The highest BCUT2D eigenvalue weighted by atomic mass is 79.9. The second kappa shape index (κ2) is 12.2. The monoisotopic (exact) mass is 596 g/mol. The van der Waals surface area contributed by atoms with Crippen molar-refractivity contribution in [1.82, 2.24) is 19.4 Å². The molecule has 4 rings (SSSR count). The van der Waals surface area contributed by atoms with Crippen molar-refractivity contribution in [3.8, 4) is 10.7 Å². The van der Waals surface area contributed by atoms with E-state index in [1.54, 1.807) is 30.3 Å². The van der Waals surface area contributed by atoms with Gasteiger partial charge in [-0.1, -0.05) is 6.07 Å². The number of likely N-dealkylation sites (N-methyl/N-ethyl adjacent to an activating group) is 1. The number of imidazole rings is 1. The average Bonchev–Trinajstić information content (AvgIpc) is 3.50. The number of thiophene rings is 1. The van der Waals surface area contributed by atoms with Gasteiger partial charge in [-0.05, 0) is 65.2 Å². The van der Waals surface area contributed by atoms with Crippen LogP contribution in [0.5, 0.6) is 0 Å². The summed E-state index contributed by atoms with van der Waals surface area (Å²) in [6.45, 7) is 0.901. The van der Waals surface area contributed by atoms with E-state index in [9.17, 15) is 9.59 Å². The Labute approximate surface area is 232 Å². The van der Waals surface area contributed by atoms with E-state index in [1.807, 2.05) is 40.3 Å². The summed E-state index contributed by atoms with van der Waals surface area (Å²) >= 11 is 4.99. The number of amides is 2. The fourth-order valence-corrected chi connectivity index (χ4v) is 5.61. The molecule has 12 heteroatoms. The smallest absolute Gasteiger partial charge is 0.253 e. The van der Waals surface area contributed by atoms with Crippen molar-refractivity contribution < 1.29 is 9.59 Å². The molecule has 0 bridgehead atoms. The number of primary amides is 1. The number of fused-ring (bicyclic) bond motifs is 1. The van der Waals surface area contributed by atoms with Crippen LogP contribution < -0.4 is 17.2 Å². The van der Waals surface area contributed by atoms with Crippen LogP contribution in [0.3, 0.4) is 0 Å². The van der Waals surface area contributed by atoms with Crippen molar-refractivity contribution in [2.75, 3.05) is 20.1 Å². The van der Waals surface area contributed by atoms with E-state index < -0.39 is 11.9 Å². The highest BCUT2D eigenvalue weighted by molar-refractivity contribution is 9.10. The molecule has 0 saturated heterocycles. The lowest BCUT2D eigenvalue weighted by Gasteiger charge is -2.19. The number of nitrogens with two attached hydrogens (primary N) is 3. The molecule has 0 fully saturated rings. The molecule has 3 heterocycles. The van der Waals surface area contributed by atoms with E-state index >= 15 is 0 Å². The van der Waals surface area contributed by atoms with Crippen LogP contribution in [0.4, 0.5) is 0 Å². The molecule has 2 amide bonds. The molecule has 0 aliphatic rings. The second-order valence-corrected chi connectivity index (χ2v) is 10.6. The third-order valence-corrected chi connectivity index (χ3v) is 7.76. The lowest BCUT2D eigenvalue weighted by atomic mass is 10.1. The van der Waals surface area contributed by atoms with Crippen LogP contribution in [-0.2, 0) is 11.2 Å². The van der Waals surface area contributed by atoms with Crippen LogP contribution in [0.2, 0.25) is 0 Å². The molecule has 38 heavy (non-hydrogen) atoms. The number of benzene rings is 1. The molecule has 0 saturated carbocycles. The quantitative estimate of drug-likeness (QED) is 0.137. The number of guanidine groups is 1. The number of carbonyl (C=O) groups excluding carboxylic acids is 2. The van der Waals surface area contributed by atoms with Crippen LogP contribution in [0.1, 0.15) is 34.9 Å². The standard InChI is InChI=1S/C26H29BrN8O2S/c1-34(12-9-18-5-2-3-10-31-18)25(37)16-7-8-20-19(13-16)33-24(22-14-17(27)15-38-22)35(20)21(23(28)36)6-4-11-32-26(29)30/h2-3,5,7-8,10,13-15,21H,4,6,9,11-12H2,1H3,(H2,28,36)(H4,29,30,32). The van der Waals surface area contributed by atoms with Crippen LogP contribution in [-0.4, -0.2) is 57.3 Å². The van der Waals surface area contributed by atoms with Gasteiger partial charge in [0.05, 0.1) is 15.9 Å². The maximum Gasteiger partial charge on any atom is 0.253 e. The van der Waals surface area contributed by atoms with E-state index in [1.165, 1.54) is 11.3 Å². The molecule has 3 aromatic heterocycles. The molecular formula is C26H29BrN8O2S. The molecule has 0 aliphatic heterocycles. The molecular weight excluding hydrogens is 568 g/mol. The number of halogens is 1. The summed E-state index contributed by atoms with van der Waals surface area (Å²) in [6.07, 6.45) is 3.37. The number of aliphatic imine (C=N–C) groups is 1. The topological polar surface area (TPSA) is 159 Å². The summed E-state index contributed by atoms with van der Waals surface area (Å²) in [5.41, 5.74) is 19.5. The first-order valence-electron chi connectivity index (χ1n) is 12.0. The fourth-order valence-electron chi connectivity index (χ4n) is 4.19. The van der Waals surface area contributed by atoms with Gasteiger partial charge in [0.2, 0.25) is 5.91 Å². The van der Waals surface area contributed by atoms with Crippen molar-refractivity contribution in [2.45, 2.75) is 25.3 Å². The van der Waals surface area contributed by atoms with Gasteiger partial charge in [0.1, 0.15) is 6.04 Å². The summed E-state index contributed by atoms with van der Waals surface area (Å²) in [5.74, 6) is -0.00348. The third-order valence-electron chi connectivity index (χ3n) is 6.07. The Kier molecular flexibility index (Phi) is 8.74. The minimum absolute atomic E-state index is 0.0000245. The Morgan fingerprint density at radius 3 is 2.66 bits per heavy atom. The first-order valence-corrected chi connectivity index (χ1v) is 13.7. The van der Waals surface area contributed by atoms with Crippen molar-refractivity contribution in [3.63, 3.8) is 0 Å². The van der Waals surface area contributed by atoms with Crippen LogP contribution >= 0.6 is 27.3 Å². The molecule has 0 spiro atoms. The van der Waals surface area contributed by atoms with Gasteiger partial charge in [0.25, 0.3) is 5.91 Å². The van der Waals surface area contributed by atoms with Gasteiger partial charge in [-0.3, -0.25) is 19.6 Å². The fraction of sp³-hybridized carbons (Fsp3) is 0.269. The van der Waals surface area contributed by atoms with Crippen molar-refractivity contribution >= 4 is 56.1 Å². The summed E-state index contributed by atoms with van der Waals surface area (Å²) in [5, 5.41) is 1.95. The number of aromatic nitrogens is 3. The average molecular weight is 598 g/mol. The molecule has 0 aliphatic carbocycles. The molecule has 1 atom stereocenters. The van der Waals surface area contributed by atoms with Gasteiger partial charge in [-0.15, -0.1) is 11.3 Å². The van der Waals surface area contributed by atoms with Crippen LogP contribution in [0.25, 0.3) is 21.7 Å². The predicted molar refractivity (Wildman–Crippen MR) is 154 cm³/mol. The highest BCUT2D eigenvalue weighted by Gasteiger charge is 2.26. The van der Waals surface area contributed by atoms with Crippen LogP contribution in [0, 0.1) is 0 Å². The summed E-state index contributed by atoms with van der Waals surface area (Å²) < 4.78 is 2.76. The molecule has 198 valence electrons. The third kappa shape index (κ3) is 6.37. The number of carbonyl (C=O) groups is 2. The maximum absolute atomic E-state index is 13.2. The zero-order valence-electron chi connectivity index (χ0n) is 20.9. The Morgan fingerprint density at radius 2 is 2.00 bits per heavy atom. The Hall–Kier alpha value is -3.77. The zero-order chi connectivity index (χ0) is 27.2. The Morgan fingerprint density at radius 1 is 1.18 bits per heavy atom. The Balaban J connectivity index is 1.66. The predicted octanol–water partition coefficient (Wildman–Crippen LogP) is 3.32. The molecule has 1 unspecified atom stereocenters. The van der Waals surface area contributed by atoms with E-state index in [-0.39, 0.29) is 11.9 Å².